The first-order valence-corrected chi connectivity index (χ1v) is 18.4. The highest BCUT2D eigenvalue weighted by Crippen LogP contribution is 2.84. The van der Waals surface area contributed by atoms with E-state index < -0.39 is 20.2 Å². The molecule has 0 amide bonds. The van der Waals surface area contributed by atoms with E-state index >= 15 is 0 Å². The zero-order chi connectivity index (χ0) is 25.4. The lowest BCUT2D eigenvalue weighted by molar-refractivity contribution is -0.172. The molecule has 0 saturated carbocycles. The third-order valence-corrected chi connectivity index (χ3v) is 17.6. The highest BCUT2D eigenvalue weighted by Gasteiger charge is 2.75. The molecule has 0 bridgehead atoms. The van der Waals surface area contributed by atoms with Crippen LogP contribution in [0.25, 0.3) is 0 Å². The van der Waals surface area contributed by atoms with Crippen LogP contribution in [0.2, 0.25) is 0 Å². The molecule has 4 heteroatoms. The zero-order valence-corrected chi connectivity index (χ0v) is 25.8. The van der Waals surface area contributed by atoms with Crippen molar-refractivity contribution in [3.8, 4) is 0 Å². The molecule has 0 aromatic carbocycles. The summed E-state index contributed by atoms with van der Waals surface area (Å²) in [5.74, 6) is 0.522. The Bertz CT molecular complexity index is 504. The van der Waals surface area contributed by atoms with E-state index in [1.165, 1.54) is 44.2 Å². The Morgan fingerprint density at radius 3 is 1.61 bits per heavy atom. The van der Waals surface area contributed by atoms with Crippen LogP contribution in [0.4, 0.5) is 0 Å². The van der Waals surface area contributed by atoms with Gasteiger partial charge in [-0.3, -0.25) is 0 Å². The molecule has 0 radical (unpaired) electrons. The minimum atomic E-state index is -2.50. The van der Waals surface area contributed by atoms with Gasteiger partial charge in [0.1, 0.15) is 0 Å². The fraction of sp³-hybridized carbons (Fsp3) is 1.00. The first-order valence-electron chi connectivity index (χ1n) is 14.8. The molecule has 0 heterocycles. The van der Waals surface area contributed by atoms with E-state index in [1.54, 1.807) is 0 Å². The van der Waals surface area contributed by atoms with Gasteiger partial charge >= 0.3 is 8.03 Å². The highest BCUT2D eigenvalue weighted by atomic mass is 31.2. The quantitative estimate of drug-likeness (QED) is 0.138. The van der Waals surface area contributed by atoms with E-state index in [-0.39, 0.29) is 5.41 Å². The van der Waals surface area contributed by atoms with Crippen LogP contribution in [-0.4, -0.2) is 23.4 Å². The van der Waals surface area contributed by atoms with Crippen LogP contribution < -0.4 is 4.89 Å². The van der Waals surface area contributed by atoms with Crippen molar-refractivity contribution in [1.82, 2.24) is 0 Å². The van der Waals surface area contributed by atoms with E-state index in [2.05, 4.69) is 55.4 Å². The normalized spacial score (nSPS) is 17.4. The SMILES string of the molecule is CCCCC(CCC)(C(CC)CCC)C(CCCC)([P+](=O)[O-])[P+](CCC)(CCC)CCCC. The predicted molar refractivity (Wildman–Crippen MR) is 152 cm³/mol. The van der Waals surface area contributed by atoms with Crippen molar-refractivity contribution in [2.45, 2.75) is 157 Å². The van der Waals surface area contributed by atoms with Crippen molar-refractivity contribution < 1.29 is 9.46 Å². The second-order valence-electron chi connectivity index (χ2n) is 10.8. The third-order valence-electron chi connectivity index (χ3n) is 8.59. The molecule has 4 unspecified atom stereocenters. The number of rotatable bonds is 22. The first kappa shape index (κ1) is 33.5. The summed E-state index contributed by atoms with van der Waals surface area (Å²) in [7, 11) is -4.22. The second kappa shape index (κ2) is 17.8. The summed E-state index contributed by atoms with van der Waals surface area (Å²) in [6, 6.07) is 0. The van der Waals surface area contributed by atoms with Gasteiger partial charge in [-0.15, -0.1) is 0 Å². The zero-order valence-electron chi connectivity index (χ0n) is 24.0. The van der Waals surface area contributed by atoms with Crippen LogP contribution in [0.5, 0.6) is 0 Å². The van der Waals surface area contributed by atoms with Gasteiger partial charge in [0.25, 0.3) is 4.90 Å². The van der Waals surface area contributed by atoms with Crippen molar-refractivity contribution >= 4 is 15.3 Å². The topological polar surface area (TPSA) is 40.1 Å². The fourth-order valence-electron chi connectivity index (χ4n) is 7.45. The first-order chi connectivity index (χ1) is 15.8. The Hall–Kier alpha value is 0.490. The molecular formula is C29H61O2P2+. The number of hydrogen-bond donors (Lipinski definition) is 0. The molecule has 4 atom stereocenters. The number of unbranched alkanes of at least 4 members (excludes halogenated alkanes) is 3. The van der Waals surface area contributed by atoms with Crippen LogP contribution in [0.1, 0.15) is 152 Å². The van der Waals surface area contributed by atoms with Crippen LogP contribution in [0.3, 0.4) is 0 Å². The summed E-state index contributed by atoms with van der Waals surface area (Å²) >= 11 is 0. The molecule has 0 fully saturated rings. The lowest BCUT2D eigenvalue weighted by Gasteiger charge is -2.54. The van der Waals surface area contributed by atoms with Gasteiger partial charge in [0.15, 0.2) is 0 Å². The van der Waals surface area contributed by atoms with Gasteiger partial charge in [-0.2, -0.15) is 0 Å². The van der Waals surface area contributed by atoms with E-state index in [0.717, 1.165) is 70.6 Å². The van der Waals surface area contributed by atoms with Crippen molar-refractivity contribution in [2.75, 3.05) is 18.5 Å². The minimum Gasteiger partial charge on any atom is -0.592 e. The maximum absolute atomic E-state index is 14.1. The highest BCUT2D eigenvalue weighted by molar-refractivity contribution is 7.84. The molecule has 0 saturated heterocycles. The van der Waals surface area contributed by atoms with E-state index in [9.17, 15) is 9.46 Å². The lowest BCUT2D eigenvalue weighted by Crippen LogP contribution is -2.54. The number of hydrogen-bond acceptors (Lipinski definition) is 2. The summed E-state index contributed by atoms with van der Waals surface area (Å²) in [5, 5.41) is 0. The van der Waals surface area contributed by atoms with Gasteiger partial charge in [0, 0.05) is 6.42 Å². The van der Waals surface area contributed by atoms with Crippen molar-refractivity contribution in [3.05, 3.63) is 0 Å². The van der Waals surface area contributed by atoms with E-state index in [0.29, 0.717) is 5.92 Å². The van der Waals surface area contributed by atoms with Gasteiger partial charge in [0.2, 0.25) is 0 Å². The summed E-state index contributed by atoms with van der Waals surface area (Å²) in [6.45, 7) is 18.4. The molecular weight excluding hydrogens is 442 g/mol. The maximum Gasteiger partial charge on any atom is 0.356 e. The molecule has 0 aliphatic heterocycles. The second-order valence-corrected chi connectivity index (χ2v) is 16.8. The van der Waals surface area contributed by atoms with Crippen LogP contribution in [0, 0.1) is 11.3 Å². The average Bonchev–Trinajstić information content (AvgIpc) is 2.79. The molecule has 0 spiro atoms. The Morgan fingerprint density at radius 1 is 0.667 bits per heavy atom. The van der Waals surface area contributed by atoms with Gasteiger partial charge in [-0.05, 0) is 50.9 Å². The summed E-state index contributed by atoms with van der Waals surface area (Å²) < 4.78 is 14.1. The van der Waals surface area contributed by atoms with Crippen LogP contribution in [0.15, 0.2) is 0 Å². The Labute approximate surface area is 211 Å². The molecule has 0 aromatic rings. The fourth-order valence-corrected chi connectivity index (χ4v) is 17.2. The smallest absolute Gasteiger partial charge is 0.356 e. The van der Waals surface area contributed by atoms with Gasteiger partial charge in [-0.1, -0.05) is 105 Å². The Balaban J connectivity index is 7.55. The Morgan fingerprint density at radius 2 is 1.21 bits per heavy atom. The molecule has 0 aliphatic carbocycles. The maximum atomic E-state index is 14.1. The molecule has 0 rings (SSSR count). The van der Waals surface area contributed by atoms with Gasteiger partial charge < -0.3 is 4.89 Å². The van der Waals surface area contributed by atoms with Gasteiger partial charge in [0.05, 0.1) is 31.2 Å². The lowest BCUT2D eigenvalue weighted by atomic mass is 9.63. The monoisotopic (exact) mass is 503 g/mol. The molecule has 198 valence electrons. The minimum absolute atomic E-state index is 0.0568. The molecule has 0 aliphatic rings. The standard InChI is InChI=1S/C29H61O2P2/c1-9-17-22-28(21-13-5,27(16-8)20-12-4)29(32(30)31,23-18-10-2)33(24-14-6,25-15-7)26-19-11-3/h27H,9-26H2,1-8H3/q+1. The molecule has 33 heavy (non-hydrogen) atoms. The van der Waals surface area contributed by atoms with Crippen LogP contribution >= 0.6 is 15.3 Å². The van der Waals surface area contributed by atoms with Crippen molar-refractivity contribution in [3.63, 3.8) is 0 Å². The molecule has 0 aromatic heterocycles. The van der Waals surface area contributed by atoms with Crippen LogP contribution in [-0.2, 0) is 4.57 Å². The summed E-state index contributed by atoms with van der Waals surface area (Å²) in [4.78, 5) is 13.6. The Kier molecular flexibility index (Phi) is 18.1. The summed E-state index contributed by atoms with van der Waals surface area (Å²) in [6.07, 6.45) is 20.4. The average molecular weight is 504 g/mol. The molecule has 0 N–H and O–H groups in total. The van der Waals surface area contributed by atoms with E-state index in [4.69, 9.17) is 0 Å². The predicted octanol–water partition coefficient (Wildman–Crippen LogP) is 10.4. The van der Waals surface area contributed by atoms with Gasteiger partial charge in [-0.25, -0.2) is 0 Å². The van der Waals surface area contributed by atoms with E-state index in [1.807, 2.05) is 0 Å². The molecule has 2 nitrogen and oxygen atoms in total. The van der Waals surface area contributed by atoms with Crippen molar-refractivity contribution in [2.24, 2.45) is 11.3 Å². The third kappa shape index (κ3) is 7.73. The van der Waals surface area contributed by atoms with Crippen molar-refractivity contribution in [1.29, 1.82) is 0 Å². The largest absolute Gasteiger partial charge is 0.592 e. The summed E-state index contributed by atoms with van der Waals surface area (Å²) in [5.41, 5.74) is -0.0568.